The van der Waals surface area contributed by atoms with Gasteiger partial charge in [0.1, 0.15) is 0 Å². The summed E-state index contributed by atoms with van der Waals surface area (Å²) in [6, 6.07) is 13.7. The van der Waals surface area contributed by atoms with E-state index in [0.717, 1.165) is 0 Å². The Bertz CT molecular complexity index is 902. The fourth-order valence-electron chi connectivity index (χ4n) is 2.80. The number of carboxylic acids is 1. The Morgan fingerprint density at radius 2 is 1.35 bits per heavy atom. The Labute approximate surface area is 151 Å². The third kappa shape index (κ3) is 3.61. The van der Waals surface area contributed by atoms with Gasteiger partial charge >= 0.3 is 0 Å². The highest BCUT2D eigenvalue weighted by molar-refractivity contribution is 7.89. The molecule has 2 aromatic carbocycles. The number of nitrogens with zero attached hydrogens (tertiary/aromatic N) is 2. The average Bonchev–Trinajstić information content (AvgIpc) is 2.68. The number of rotatable bonds is 4. The lowest BCUT2D eigenvalue weighted by Crippen LogP contribution is -2.50. The van der Waals surface area contributed by atoms with Crippen LogP contribution in [0.4, 0.5) is 0 Å². The Balaban J connectivity index is 1.66. The second-order valence-corrected chi connectivity index (χ2v) is 7.81. The number of benzene rings is 2. The third-order valence-corrected chi connectivity index (χ3v) is 6.19. The standard InChI is InChI=1S/C18H18N2O5S/c21-17(14-6-8-15(9-7-14)18(22)23)19-10-12-20(13-11-19)26(24,25)16-4-2-1-3-5-16/h1-9H,10-13H2,(H,22,23)/p-1. The van der Waals surface area contributed by atoms with Gasteiger partial charge in [-0.3, -0.25) is 4.79 Å². The molecule has 0 spiro atoms. The Kier molecular flexibility index (Phi) is 5.06. The molecule has 0 bridgehead atoms. The molecule has 0 saturated carbocycles. The first-order valence-corrected chi connectivity index (χ1v) is 9.49. The molecule has 26 heavy (non-hydrogen) atoms. The van der Waals surface area contributed by atoms with Crippen LogP contribution in [0.5, 0.6) is 0 Å². The van der Waals surface area contributed by atoms with E-state index in [1.807, 2.05) is 0 Å². The number of carbonyl (C=O) groups is 2. The van der Waals surface area contributed by atoms with Crippen LogP contribution in [0.15, 0.2) is 59.5 Å². The summed E-state index contributed by atoms with van der Waals surface area (Å²) in [5, 5.41) is 10.8. The van der Waals surface area contributed by atoms with Crippen molar-refractivity contribution in [1.29, 1.82) is 0 Å². The van der Waals surface area contributed by atoms with Gasteiger partial charge in [-0.2, -0.15) is 4.31 Å². The van der Waals surface area contributed by atoms with Crippen LogP contribution in [0.1, 0.15) is 20.7 Å². The zero-order valence-corrected chi connectivity index (χ0v) is 14.7. The van der Waals surface area contributed by atoms with Gasteiger partial charge in [0.25, 0.3) is 5.91 Å². The number of hydrogen-bond donors (Lipinski definition) is 0. The zero-order chi connectivity index (χ0) is 18.7. The Morgan fingerprint density at radius 3 is 1.88 bits per heavy atom. The van der Waals surface area contributed by atoms with Gasteiger partial charge in [-0.15, -0.1) is 0 Å². The maximum Gasteiger partial charge on any atom is 0.253 e. The molecule has 1 heterocycles. The fourth-order valence-corrected chi connectivity index (χ4v) is 4.25. The molecular weight excluding hydrogens is 356 g/mol. The number of hydrogen-bond acceptors (Lipinski definition) is 5. The second-order valence-electron chi connectivity index (χ2n) is 5.87. The number of carbonyl (C=O) groups excluding carboxylic acids is 2. The minimum atomic E-state index is -3.57. The quantitative estimate of drug-likeness (QED) is 0.762. The molecule has 1 saturated heterocycles. The summed E-state index contributed by atoms with van der Waals surface area (Å²) in [6.07, 6.45) is 0. The van der Waals surface area contributed by atoms with Crippen LogP contribution in [0.3, 0.4) is 0 Å². The van der Waals surface area contributed by atoms with Gasteiger partial charge in [0, 0.05) is 31.7 Å². The van der Waals surface area contributed by atoms with Crippen molar-refractivity contribution >= 4 is 21.9 Å². The second kappa shape index (κ2) is 7.27. The van der Waals surface area contributed by atoms with Gasteiger partial charge in [0.15, 0.2) is 0 Å². The van der Waals surface area contributed by atoms with Crippen molar-refractivity contribution in [1.82, 2.24) is 9.21 Å². The average molecular weight is 373 g/mol. The van der Waals surface area contributed by atoms with Crippen molar-refractivity contribution in [2.45, 2.75) is 4.90 Å². The first-order valence-electron chi connectivity index (χ1n) is 8.05. The van der Waals surface area contributed by atoms with Gasteiger partial charge in [-0.1, -0.05) is 30.3 Å². The minimum Gasteiger partial charge on any atom is -0.545 e. The summed E-state index contributed by atoms with van der Waals surface area (Å²) in [5.41, 5.74) is 0.356. The van der Waals surface area contributed by atoms with Crippen molar-refractivity contribution in [2.24, 2.45) is 0 Å². The summed E-state index contributed by atoms with van der Waals surface area (Å²) in [6.45, 7) is 0.959. The monoisotopic (exact) mass is 373 g/mol. The molecule has 0 N–H and O–H groups in total. The molecule has 8 heteroatoms. The summed E-state index contributed by atoms with van der Waals surface area (Å²) < 4.78 is 26.6. The lowest BCUT2D eigenvalue weighted by atomic mass is 10.1. The van der Waals surface area contributed by atoms with E-state index >= 15 is 0 Å². The van der Waals surface area contributed by atoms with Crippen LogP contribution in [0.2, 0.25) is 0 Å². The summed E-state index contributed by atoms with van der Waals surface area (Å²) in [4.78, 5) is 25.1. The van der Waals surface area contributed by atoms with Crippen LogP contribution in [0.25, 0.3) is 0 Å². The predicted molar refractivity (Wildman–Crippen MR) is 91.9 cm³/mol. The van der Waals surface area contributed by atoms with Crippen molar-refractivity contribution in [3.8, 4) is 0 Å². The molecule has 0 atom stereocenters. The van der Waals surface area contributed by atoms with Crippen LogP contribution in [-0.4, -0.2) is 55.7 Å². The first-order chi connectivity index (χ1) is 12.4. The summed E-state index contributed by atoms with van der Waals surface area (Å²) in [5.74, 6) is -1.56. The van der Waals surface area contributed by atoms with Crippen molar-refractivity contribution in [3.63, 3.8) is 0 Å². The lowest BCUT2D eigenvalue weighted by molar-refractivity contribution is -0.255. The van der Waals surface area contributed by atoms with Gasteiger partial charge in [0.05, 0.1) is 10.9 Å². The molecule has 0 unspecified atom stereocenters. The van der Waals surface area contributed by atoms with Crippen LogP contribution < -0.4 is 5.11 Å². The van der Waals surface area contributed by atoms with Gasteiger partial charge in [0.2, 0.25) is 10.0 Å². The van der Waals surface area contributed by atoms with E-state index in [9.17, 15) is 23.1 Å². The van der Waals surface area contributed by atoms with E-state index in [4.69, 9.17) is 0 Å². The summed E-state index contributed by atoms with van der Waals surface area (Å²) >= 11 is 0. The molecule has 0 radical (unpaired) electrons. The van der Waals surface area contributed by atoms with Crippen LogP contribution >= 0.6 is 0 Å². The SMILES string of the molecule is O=C([O-])c1ccc(C(=O)N2CCN(S(=O)(=O)c3ccccc3)CC2)cc1. The number of sulfonamides is 1. The van der Waals surface area contributed by atoms with E-state index in [1.54, 1.807) is 35.2 Å². The highest BCUT2D eigenvalue weighted by atomic mass is 32.2. The normalized spacial score (nSPS) is 15.6. The van der Waals surface area contributed by atoms with E-state index in [1.165, 1.54) is 28.6 Å². The van der Waals surface area contributed by atoms with Gasteiger partial charge in [-0.05, 0) is 29.8 Å². The number of amides is 1. The fraction of sp³-hybridized carbons (Fsp3) is 0.222. The van der Waals surface area contributed by atoms with Crippen molar-refractivity contribution in [2.75, 3.05) is 26.2 Å². The lowest BCUT2D eigenvalue weighted by Gasteiger charge is -2.34. The third-order valence-electron chi connectivity index (χ3n) is 4.27. The van der Waals surface area contributed by atoms with E-state index in [2.05, 4.69) is 0 Å². The van der Waals surface area contributed by atoms with Crippen molar-refractivity contribution < 1.29 is 23.1 Å². The molecule has 0 aliphatic carbocycles. The Morgan fingerprint density at radius 1 is 0.808 bits per heavy atom. The molecule has 7 nitrogen and oxygen atoms in total. The minimum absolute atomic E-state index is 0.000300. The molecule has 136 valence electrons. The Hall–Kier alpha value is -2.71. The molecular formula is C18H17N2O5S-. The van der Waals surface area contributed by atoms with E-state index < -0.39 is 16.0 Å². The topological polar surface area (TPSA) is 97.8 Å². The van der Waals surface area contributed by atoms with E-state index in [0.29, 0.717) is 5.56 Å². The maximum atomic E-state index is 12.6. The van der Waals surface area contributed by atoms with Crippen LogP contribution in [0, 0.1) is 0 Å². The number of carboxylic acid groups (broad SMARTS) is 1. The zero-order valence-electron chi connectivity index (χ0n) is 13.9. The number of aromatic carboxylic acids is 1. The molecule has 1 aliphatic heterocycles. The smallest absolute Gasteiger partial charge is 0.253 e. The van der Waals surface area contributed by atoms with Crippen molar-refractivity contribution in [3.05, 3.63) is 65.7 Å². The first kappa shape index (κ1) is 18.1. The number of piperazine rings is 1. The maximum absolute atomic E-state index is 12.6. The summed E-state index contributed by atoms with van der Waals surface area (Å²) in [7, 11) is -3.57. The largest absolute Gasteiger partial charge is 0.545 e. The molecule has 1 aliphatic rings. The molecule has 1 amide bonds. The molecule has 3 rings (SSSR count). The van der Waals surface area contributed by atoms with E-state index in [-0.39, 0.29) is 42.5 Å². The van der Waals surface area contributed by atoms with Crippen LogP contribution in [-0.2, 0) is 10.0 Å². The van der Waals surface area contributed by atoms with Gasteiger partial charge < -0.3 is 14.8 Å². The highest BCUT2D eigenvalue weighted by Crippen LogP contribution is 2.18. The predicted octanol–water partition coefficient (Wildman–Crippen LogP) is 0.197. The highest BCUT2D eigenvalue weighted by Gasteiger charge is 2.30. The molecule has 2 aromatic rings. The molecule has 1 fully saturated rings. The van der Waals surface area contributed by atoms with Gasteiger partial charge in [-0.25, -0.2) is 8.42 Å². The molecule has 0 aromatic heterocycles.